The molecule has 4 heterocycles. The summed E-state index contributed by atoms with van der Waals surface area (Å²) in [6.45, 7) is 0.0758. The van der Waals surface area contributed by atoms with Gasteiger partial charge in [0, 0.05) is 23.7 Å². The van der Waals surface area contributed by atoms with Crippen molar-refractivity contribution in [2.24, 2.45) is 4.40 Å². The molecule has 9 nitrogen and oxygen atoms in total. The minimum atomic E-state index is -3.43. The molecule has 0 unspecified atom stereocenters. The van der Waals surface area contributed by atoms with Crippen LogP contribution in [0.15, 0.2) is 49.7 Å². The number of nitrogens with zero attached hydrogens (tertiary/aromatic N) is 4. The van der Waals surface area contributed by atoms with E-state index < -0.39 is 16.0 Å². The van der Waals surface area contributed by atoms with E-state index >= 15 is 0 Å². The van der Waals surface area contributed by atoms with Gasteiger partial charge >= 0.3 is 5.97 Å². The Bertz CT molecular complexity index is 1030. The van der Waals surface area contributed by atoms with Crippen molar-refractivity contribution >= 4 is 33.2 Å². The number of esters is 1. The second-order valence-corrected chi connectivity index (χ2v) is 7.98. The van der Waals surface area contributed by atoms with Gasteiger partial charge in [-0.25, -0.2) is 13.2 Å². The van der Waals surface area contributed by atoms with Gasteiger partial charge in [0.05, 0.1) is 11.3 Å². The fourth-order valence-corrected chi connectivity index (χ4v) is 3.96. The standard InChI is InChI=1S/C15H12N4O5S2/c20-15(10-1-2-12-18-26(21,22)6-4-19(12)7-10)23-8-13-16-14(17-24-13)11-3-5-25-9-11/h1-3,5,7,9H,4,6,8H2. The molecule has 0 atom stereocenters. The predicted molar refractivity (Wildman–Crippen MR) is 92.6 cm³/mol. The minimum absolute atomic E-state index is 0.101. The average Bonchev–Trinajstić information content (AvgIpc) is 3.30. The number of ether oxygens (including phenoxy) is 1. The summed E-state index contributed by atoms with van der Waals surface area (Å²) in [7, 11) is -3.43. The van der Waals surface area contributed by atoms with Crippen molar-refractivity contribution in [2.45, 2.75) is 6.61 Å². The van der Waals surface area contributed by atoms with Crippen molar-refractivity contribution in [1.82, 2.24) is 15.0 Å². The second kappa shape index (κ2) is 6.50. The smallest absolute Gasteiger partial charge is 0.340 e. The molecule has 11 heteroatoms. The number of amidine groups is 1. The number of fused-ring (bicyclic) bond motifs is 1. The SMILES string of the molecule is O=C(OCc1nc(-c2ccsc2)no1)C1=CN2CCS(=O)(=O)N=C2C=C1. The van der Waals surface area contributed by atoms with Gasteiger partial charge in [-0.1, -0.05) is 5.16 Å². The molecule has 2 aromatic rings. The van der Waals surface area contributed by atoms with Crippen LogP contribution >= 0.6 is 11.3 Å². The first-order valence-electron chi connectivity index (χ1n) is 7.52. The van der Waals surface area contributed by atoms with E-state index in [4.69, 9.17) is 9.26 Å². The molecule has 0 aromatic carbocycles. The van der Waals surface area contributed by atoms with Crippen molar-refractivity contribution in [3.63, 3.8) is 0 Å². The van der Waals surface area contributed by atoms with Gasteiger partial charge < -0.3 is 14.2 Å². The molecule has 0 aliphatic carbocycles. The molecule has 0 spiro atoms. The molecule has 4 rings (SSSR count). The summed E-state index contributed by atoms with van der Waals surface area (Å²) in [6.07, 6.45) is 4.44. The van der Waals surface area contributed by atoms with Crippen molar-refractivity contribution in [3.8, 4) is 11.4 Å². The molecule has 2 aliphatic heterocycles. The van der Waals surface area contributed by atoms with Crippen molar-refractivity contribution in [3.05, 3.63) is 46.6 Å². The number of thiophene rings is 1. The van der Waals surface area contributed by atoms with E-state index in [1.165, 1.54) is 29.7 Å². The lowest BCUT2D eigenvalue weighted by atomic mass is 10.2. The fraction of sp³-hybridized carbons (Fsp3) is 0.200. The van der Waals surface area contributed by atoms with Crippen LogP contribution < -0.4 is 0 Å². The lowest BCUT2D eigenvalue weighted by molar-refractivity contribution is -0.140. The highest BCUT2D eigenvalue weighted by molar-refractivity contribution is 7.90. The Hall–Kier alpha value is -2.79. The quantitative estimate of drug-likeness (QED) is 0.716. The lowest BCUT2D eigenvalue weighted by Crippen LogP contribution is -2.37. The van der Waals surface area contributed by atoms with E-state index in [9.17, 15) is 13.2 Å². The summed E-state index contributed by atoms with van der Waals surface area (Å²) < 4.78 is 36.9. The van der Waals surface area contributed by atoms with Crippen LogP contribution in [0.3, 0.4) is 0 Å². The third-order valence-electron chi connectivity index (χ3n) is 3.63. The van der Waals surface area contributed by atoms with Gasteiger partial charge in [0.25, 0.3) is 15.9 Å². The number of sulfonamides is 1. The monoisotopic (exact) mass is 392 g/mol. The summed E-state index contributed by atoms with van der Waals surface area (Å²) in [6, 6.07) is 1.86. The van der Waals surface area contributed by atoms with E-state index in [0.717, 1.165) is 5.56 Å². The maximum absolute atomic E-state index is 12.2. The van der Waals surface area contributed by atoms with Crippen LogP contribution in [0.4, 0.5) is 0 Å². The van der Waals surface area contributed by atoms with Crippen LogP contribution in [0.1, 0.15) is 5.89 Å². The summed E-state index contributed by atoms with van der Waals surface area (Å²) >= 11 is 1.52. The number of hydrogen-bond acceptors (Lipinski definition) is 9. The third kappa shape index (κ3) is 3.44. The average molecular weight is 392 g/mol. The number of aromatic nitrogens is 2. The maximum Gasteiger partial charge on any atom is 0.340 e. The molecule has 2 aromatic heterocycles. The Morgan fingerprint density at radius 2 is 2.27 bits per heavy atom. The number of rotatable bonds is 4. The highest BCUT2D eigenvalue weighted by atomic mass is 32.2. The van der Waals surface area contributed by atoms with Crippen LogP contribution in [0, 0.1) is 0 Å². The topological polar surface area (TPSA) is 115 Å². The largest absolute Gasteiger partial charge is 0.452 e. The van der Waals surface area contributed by atoms with Crippen LogP contribution in [0.5, 0.6) is 0 Å². The molecular weight excluding hydrogens is 380 g/mol. The third-order valence-corrected chi connectivity index (χ3v) is 5.48. The first kappa shape index (κ1) is 16.7. The maximum atomic E-state index is 12.2. The van der Waals surface area contributed by atoms with Gasteiger partial charge in [-0.2, -0.15) is 16.3 Å². The van der Waals surface area contributed by atoms with Crippen molar-refractivity contribution in [2.75, 3.05) is 12.3 Å². The predicted octanol–water partition coefficient (Wildman–Crippen LogP) is 1.34. The number of carbonyl (C=O) groups is 1. The first-order valence-corrected chi connectivity index (χ1v) is 10.1. The Morgan fingerprint density at radius 1 is 1.38 bits per heavy atom. The van der Waals surface area contributed by atoms with Crippen molar-refractivity contribution in [1.29, 1.82) is 0 Å². The van der Waals surface area contributed by atoms with Crippen LogP contribution in [-0.2, 0) is 26.2 Å². The van der Waals surface area contributed by atoms with Gasteiger partial charge in [0.15, 0.2) is 6.61 Å². The zero-order valence-corrected chi connectivity index (χ0v) is 14.9. The first-order chi connectivity index (χ1) is 12.5. The summed E-state index contributed by atoms with van der Waals surface area (Å²) in [5, 5.41) is 7.62. The highest BCUT2D eigenvalue weighted by Gasteiger charge is 2.25. The number of hydrogen-bond donors (Lipinski definition) is 0. The van der Waals surface area contributed by atoms with E-state index in [2.05, 4.69) is 14.5 Å². The van der Waals surface area contributed by atoms with Crippen LogP contribution in [0.2, 0.25) is 0 Å². The molecule has 0 radical (unpaired) electrons. The zero-order chi connectivity index (χ0) is 18.1. The Kier molecular flexibility index (Phi) is 4.17. The Labute approximate surface area is 152 Å². The molecular formula is C15H12N4O5S2. The molecule has 0 bridgehead atoms. The zero-order valence-electron chi connectivity index (χ0n) is 13.2. The van der Waals surface area contributed by atoms with Crippen LogP contribution in [-0.4, -0.2) is 47.6 Å². The molecule has 134 valence electrons. The van der Waals surface area contributed by atoms with Gasteiger partial charge in [0.2, 0.25) is 5.82 Å². The number of carbonyl (C=O) groups excluding carboxylic acids is 1. The van der Waals surface area contributed by atoms with Gasteiger partial charge in [-0.05, 0) is 23.6 Å². The van der Waals surface area contributed by atoms with Crippen LogP contribution in [0.25, 0.3) is 11.4 Å². The molecule has 0 saturated carbocycles. The molecule has 26 heavy (non-hydrogen) atoms. The highest BCUT2D eigenvalue weighted by Crippen LogP contribution is 2.20. The van der Waals surface area contributed by atoms with Crippen molar-refractivity contribution < 1.29 is 22.5 Å². The Balaban J connectivity index is 1.40. The molecule has 0 fully saturated rings. The fourth-order valence-electron chi connectivity index (χ4n) is 2.35. The summed E-state index contributed by atoms with van der Waals surface area (Å²) in [4.78, 5) is 18.0. The molecule has 0 amide bonds. The van der Waals surface area contributed by atoms with E-state index in [1.54, 1.807) is 4.90 Å². The summed E-state index contributed by atoms with van der Waals surface area (Å²) in [5.41, 5.74) is 1.11. The second-order valence-electron chi connectivity index (χ2n) is 5.45. The molecule has 0 N–H and O–H groups in total. The molecule has 0 saturated heterocycles. The Morgan fingerprint density at radius 3 is 3.08 bits per heavy atom. The van der Waals surface area contributed by atoms with Gasteiger partial charge in [-0.15, -0.1) is 4.40 Å². The van der Waals surface area contributed by atoms with E-state index in [-0.39, 0.29) is 36.2 Å². The molecule has 2 aliphatic rings. The van der Waals surface area contributed by atoms with E-state index in [0.29, 0.717) is 5.82 Å². The van der Waals surface area contributed by atoms with Gasteiger partial charge in [0.1, 0.15) is 5.84 Å². The van der Waals surface area contributed by atoms with E-state index in [1.807, 2.05) is 16.8 Å². The lowest BCUT2D eigenvalue weighted by Gasteiger charge is -2.26. The van der Waals surface area contributed by atoms with Gasteiger partial charge in [-0.3, -0.25) is 0 Å². The normalized spacial score (nSPS) is 18.1. The minimum Gasteiger partial charge on any atom is -0.452 e. The summed E-state index contributed by atoms with van der Waals surface area (Å²) in [5.74, 6) is 0.223.